The molecule has 0 aromatic rings. The van der Waals surface area contributed by atoms with Crippen molar-refractivity contribution in [3.8, 4) is 6.07 Å². The molecule has 1 heterocycles. The monoisotopic (exact) mass is 206 g/mol. The average molecular weight is 206 g/mol. The number of nitriles is 1. The topological polar surface area (TPSA) is 61.2 Å². The van der Waals surface area contributed by atoms with E-state index >= 15 is 0 Å². The van der Waals surface area contributed by atoms with Gasteiger partial charge in [0.15, 0.2) is 5.75 Å². The van der Waals surface area contributed by atoms with Crippen molar-refractivity contribution in [3.05, 3.63) is 0 Å². The highest BCUT2D eigenvalue weighted by Crippen LogP contribution is 2.12. The Hall–Kier alpha value is -0.250. The van der Waals surface area contributed by atoms with E-state index in [0.717, 1.165) is 11.5 Å². The van der Waals surface area contributed by atoms with Gasteiger partial charge in [0.05, 0.1) is 6.07 Å². The van der Waals surface area contributed by atoms with Gasteiger partial charge in [-0.25, -0.2) is 8.42 Å². The Morgan fingerprint density at radius 2 is 2.00 bits per heavy atom. The van der Waals surface area contributed by atoms with E-state index in [1.54, 1.807) is 17.8 Å². The van der Waals surface area contributed by atoms with Gasteiger partial charge in [-0.3, -0.25) is 0 Å². The molecule has 0 amide bonds. The highest BCUT2D eigenvalue weighted by atomic mass is 32.2. The van der Waals surface area contributed by atoms with Crippen LogP contribution in [0, 0.1) is 11.3 Å². The van der Waals surface area contributed by atoms with Crippen LogP contribution in [0.4, 0.5) is 0 Å². The molecule has 0 spiro atoms. The molecule has 0 radical (unpaired) electrons. The summed E-state index contributed by atoms with van der Waals surface area (Å²) in [5.74, 6) is 1.28. The fourth-order valence-corrected chi connectivity index (χ4v) is 3.22. The van der Waals surface area contributed by atoms with Gasteiger partial charge >= 0.3 is 0 Å². The van der Waals surface area contributed by atoms with Gasteiger partial charge in [-0.15, -0.1) is 0 Å². The normalized spacial score (nSPS) is 20.2. The second kappa shape index (κ2) is 4.12. The summed E-state index contributed by atoms with van der Waals surface area (Å²) >= 11 is 1.74. The van der Waals surface area contributed by atoms with Crippen LogP contribution in [0.15, 0.2) is 0 Å². The maximum absolute atomic E-state index is 11.3. The van der Waals surface area contributed by atoms with Crippen LogP contribution < -0.4 is 0 Å². The van der Waals surface area contributed by atoms with Crippen molar-refractivity contribution < 1.29 is 8.42 Å². The zero-order valence-corrected chi connectivity index (χ0v) is 8.20. The third kappa shape index (κ3) is 2.37. The zero-order chi connectivity index (χ0) is 9.03. The largest absolute Gasteiger partial charge is 0.227 e. The average Bonchev–Trinajstić information content (AvgIpc) is 2.06. The summed E-state index contributed by atoms with van der Waals surface area (Å²) in [6.45, 7) is 1.10. The second-order valence-electron chi connectivity index (χ2n) is 2.43. The molecule has 1 fully saturated rings. The molecule has 0 aromatic heterocycles. The molecule has 1 aliphatic heterocycles. The van der Waals surface area contributed by atoms with E-state index < -0.39 is 15.8 Å². The van der Waals surface area contributed by atoms with Gasteiger partial charge in [-0.1, -0.05) is 0 Å². The lowest BCUT2D eigenvalue weighted by molar-refractivity contribution is 0.446. The molecule has 68 valence electrons. The fourth-order valence-electron chi connectivity index (χ4n) is 0.998. The predicted octanol–water partition coefficient (Wildman–Crippen LogP) is -0.111. The van der Waals surface area contributed by atoms with Gasteiger partial charge in [-0.05, 0) is 0 Å². The zero-order valence-electron chi connectivity index (χ0n) is 6.56. The van der Waals surface area contributed by atoms with Crippen LogP contribution in [0.1, 0.15) is 0 Å². The third-order valence-corrected chi connectivity index (χ3v) is 4.20. The fraction of sp³-hybridized carbons (Fsp3) is 0.833. The number of hydrogen-bond donors (Lipinski definition) is 0. The SMILES string of the molecule is N#CCS(=O)(=O)N1CCSCC1. The molecule has 1 rings (SSSR count). The Bertz CT molecular complexity index is 274. The first-order valence-corrected chi connectivity index (χ1v) is 6.36. The van der Waals surface area contributed by atoms with Gasteiger partial charge in [0, 0.05) is 24.6 Å². The summed E-state index contributed by atoms with van der Waals surface area (Å²) in [7, 11) is -3.27. The summed E-state index contributed by atoms with van der Waals surface area (Å²) in [6.07, 6.45) is 0. The third-order valence-electron chi connectivity index (χ3n) is 1.61. The van der Waals surface area contributed by atoms with Crippen molar-refractivity contribution in [3.63, 3.8) is 0 Å². The minimum absolute atomic E-state index is 0.391. The molecule has 1 saturated heterocycles. The van der Waals surface area contributed by atoms with Crippen LogP contribution in [0.3, 0.4) is 0 Å². The molecule has 1 aliphatic rings. The van der Waals surface area contributed by atoms with Crippen molar-refractivity contribution >= 4 is 21.8 Å². The van der Waals surface area contributed by atoms with Gasteiger partial charge in [0.25, 0.3) is 0 Å². The first-order chi connectivity index (χ1) is 5.67. The van der Waals surface area contributed by atoms with Gasteiger partial charge < -0.3 is 0 Å². The highest BCUT2D eigenvalue weighted by Gasteiger charge is 2.23. The van der Waals surface area contributed by atoms with Crippen molar-refractivity contribution in [2.45, 2.75) is 0 Å². The van der Waals surface area contributed by atoms with Gasteiger partial charge in [0.1, 0.15) is 0 Å². The molecule has 0 N–H and O–H groups in total. The maximum Gasteiger partial charge on any atom is 0.227 e. The standard InChI is InChI=1S/C6H10N2O2S2/c7-1-6-12(9,10)8-2-4-11-5-3-8/h2-6H2. The number of nitrogens with zero attached hydrogens (tertiary/aromatic N) is 2. The summed E-state index contributed by atoms with van der Waals surface area (Å²) in [5, 5.41) is 8.27. The van der Waals surface area contributed by atoms with Crippen LogP contribution in [0.25, 0.3) is 0 Å². The minimum atomic E-state index is -3.27. The van der Waals surface area contributed by atoms with E-state index in [1.165, 1.54) is 4.31 Å². The van der Waals surface area contributed by atoms with Crippen molar-refractivity contribution in [2.75, 3.05) is 30.3 Å². The molecule has 0 aromatic carbocycles. The quantitative estimate of drug-likeness (QED) is 0.632. The highest BCUT2D eigenvalue weighted by molar-refractivity contribution is 7.99. The number of hydrogen-bond acceptors (Lipinski definition) is 4. The lowest BCUT2D eigenvalue weighted by Crippen LogP contribution is -2.38. The first kappa shape index (κ1) is 9.84. The summed E-state index contributed by atoms with van der Waals surface area (Å²) in [5.41, 5.74) is 0. The van der Waals surface area contributed by atoms with Crippen molar-refractivity contribution in [2.24, 2.45) is 0 Å². The van der Waals surface area contributed by atoms with Crippen LogP contribution >= 0.6 is 11.8 Å². The van der Waals surface area contributed by atoms with Crippen LogP contribution in [-0.4, -0.2) is 43.1 Å². The van der Waals surface area contributed by atoms with E-state index in [9.17, 15) is 8.42 Å². The van der Waals surface area contributed by atoms with Crippen LogP contribution in [-0.2, 0) is 10.0 Å². The van der Waals surface area contributed by atoms with Crippen LogP contribution in [0.5, 0.6) is 0 Å². The van der Waals surface area contributed by atoms with E-state index in [0.29, 0.717) is 13.1 Å². The van der Waals surface area contributed by atoms with E-state index in [4.69, 9.17) is 5.26 Å². The van der Waals surface area contributed by atoms with Gasteiger partial charge in [0.2, 0.25) is 10.0 Å². The number of thioether (sulfide) groups is 1. The number of sulfonamides is 1. The minimum Gasteiger partial charge on any atom is -0.211 e. The van der Waals surface area contributed by atoms with Crippen LogP contribution in [0.2, 0.25) is 0 Å². The van der Waals surface area contributed by atoms with E-state index in [-0.39, 0.29) is 0 Å². The summed E-state index contributed by atoms with van der Waals surface area (Å²) in [4.78, 5) is 0. The molecule has 4 nitrogen and oxygen atoms in total. The molecule has 0 atom stereocenters. The second-order valence-corrected chi connectivity index (χ2v) is 5.62. The molecule has 0 unspecified atom stereocenters. The maximum atomic E-state index is 11.3. The Morgan fingerprint density at radius 1 is 1.42 bits per heavy atom. The lowest BCUT2D eigenvalue weighted by atomic mass is 10.6. The molecule has 0 saturated carbocycles. The molecule has 0 bridgehead atoms. The van der Waals surface area contributed by atoms with E-state index in [2.05, 4.69) is 0 Å². The Balaban J connectivity index is 2.62. The molecule has 12 heavy (non-hydrogen) atoms. The predicted molar refractivity (Wildman–Crippen MR) is 48.3 cm³/mol. The smallest absolute Gasteiger partial charge is 0.211 e. The Kier molecular flexibility index (Phi) is 3.38. The van der Waals surface area contributed by atoms with E-state index in [1.807, 2.05) is 0 Å². The first-order valence-electron chi connectivity index (χ1n) is 3.59. The van der Waals surface area contributed by atoms with Crippen molar-refractivity contribution in [1.29, 1.82) is 5.26 Å². The molecule has 6 heteroatoms. The molecular formula is C6H10N2O2S2. The lowest BCUT2D eigenvalue weighted by Gasteiger charge is -2.24. The Labute approximate surface area is 76.6 Å². The molecule has 0 aliphatic carbocycles. The summed E-state index contributed by atoms with van der Waals surface area (Å²) < 4.78 is 24.0. The number of rotatable bonds is 2. The molecular weight excluding hydrogens is 196 g/mol. The summed E-state index contributed by atoms with van der Waals surface area (Å²) in [6, 6.07) is 1.67. The Morgan fingerprint density at radius 3 is 2.50 bits per heavy atom. The van der Waals surface area contributed by atoms with Crippen molar-refractivity contribution in [1.82, 2.24) is 4.31 Å². The van der Waals surface area contributed by atoms with Gasteiger partial charge in [-0.2, -0.15) is 21.3 Å².